The Morgan fingerprint density at radius 2 is 1.83 bits per heavy atom. The summed E-state index contributed by atoms with van der Waals surface area (Å²) in [6.07, 6.45) is 3.28. The zero-order chi connectivity index (χ0) is 12.5. The van der Waals surface area contributed by atoms with Crippen LogP contribution in [0.25, 0.3) is 0 Å². The summed E-state index contributed by atoms with van der Waals surface area (Å²) in [6, 6.07) is 9.16. The van der Waals surface area contributed by atoms with Crippen molar-refractivity contribution in [1.29, 1.82) is 0 Å². The van der Waals surface area contributed by atoms with Crippen molar-refractivity contribution < 1.29 is 0 Å². The number of aryl methyl sites for hydroxylation is 1. The summed E-state index contributed by atoms with van der Waals surface area (Å²) in [4.78, 5) is 0. The predicted molar refractivity (Wildman–Crippen MR) is 71.8 cm³/mol. The highest BCUT2D eigenvalue weighted by Crippen LogP contribution is 2.37. The van der Waals surface area contributed by atoms with Crippen LogP contribution in [0.4, 0.5) is 0 Å². The van der Waals surface area contributed by atoms with E-state index in [4.69, 9.17) is 11.6 Å². The van der Waals surface area contributed by atoms with Gasteiger partial charge in [0.1, 0.15) is 11.6 Å². The predicted octanol–water partition coefficient (Wildman–Crippen LogP) is 3.25. The highest BCUT2D eigenvalue weighted by atomic mass is 35.5. The largest absolute Gasteiger partial charge is 0.311 e. The molecule has 94 valence electrons. The van der Waals surface area contributed by atoms with Crippen LogP contribution in [-0.4, -0.2) is 14.8 Å². The number of aromatic nitrogens is 3. The molecule has 0 aliphatic heterocycles. The van der Waals surface area contributed by atoms with Crippen LogP contribution in [0.3, 0.4) is 0 Å². The number of halogens is 1. The lowest BCUT2D eigenvalue weighted by Crippen LogP contribution is -2.05. The van der Waals surface area contributed by atoms with Gasteiger partial charge < -0.3 is 4.57 Å². The molecule has 18 heavy (non-hydrogen) atoms. The minimum Gasteiger partial charge on any atom is -0.311 e. The molecule has 1 aliphatic rings. The van der Waals surface area contributed by atoms with Gasteiger partial charge in [-0.1, -0.05) is 29.8 Å². The molecule has 0 spiro atoms. The molecule has 3 nitrogen and oxygen atoms in total. The SMILES string of the molecule is Cc1ccc(Cc2nnc(CCl)n2C2CC2)cc1. The molecule has 1 saturated carbocycles. The highest BCUT2D eigenvalue weighted by molar-refractivity contribution is 6.16. The summed E-state index contributed by atoms with van der Waals surface area (Å²) in [5.74, 6) is 2.38. The normalized spacial score (nSPS) is 15.0. The fourth-order valence-corrected chi connectivity index (χ4v) is 2.40. The van der Waals surface area contributed by atoms with Gasteiger partial charge in [0, 0.05) is 12.5 Å². The summed E-state index contributed by atoms with van der Waals surface area (Å²) in [6.45, 7) is 2.10. The van der Waals surface area contributed by atoms with E-state index in [-0.39, 0.29) is 0 Å². The maximum atomic E-state index is 5.92. The Morgan fingerprint density at radius 1 is 1.17 bits per heavy atom. The Hall–Kier alpha value is -1.35. The second-order valence-electron chi connectivity index (χ2n) is 4.93. The molecule has 1 heterocycles. The number of rotatable bonds is 4. The molecule has 0 radical (unpaired) electrons. The van der Waals surface area contributed by atoms with Gasteiger partial charge in [0.15, 0.2) is 0 Å². The molecule has 3 rings (SSSR count). The molecule has 1 aromatic carbocycles. The molecule has 0 bridgehead atoms. The molecule has 0 unspecified atom stereocenters. The van der Waals surface area contributed by atoms with E-state index in [9.17, 15) is 0 Å². The fraction of sp³-hybridized carbons (Fsp3) is 0.429. The minimum absolute atomic E-state index is 0.442. The fourth-order valence-electron chi connectivity index (χ4n) is 2.22. The molecule has 2 aromatic rings. The standard InChI is InChI=1S/C14H16ClN3/c1-10-2-4-11(5-3-10)8-13-16-17-14(9-15)18(13)12-6-7-12/h2-5,12H,6-9H2,1H3. The number of hydrogen-bond acceptors (Lipinski definition) is 2. The zero-order valence-corrected chi connectivity index (χ0v) is 11.2. The van der Waals surface area contributed by atoms with Gasteiger partial charge in [-0.25, -0.2) is 0 Å². The van der Waals surface area contributed by atoms with Crippen molar-refractivity contribution in [2.45, 2.75) is 38.1 Å². The topological polar surface area (TPSA) is 30.7 Å². The molecule has 1 aromatic heterocycles. The van der Waals surface area contributed by atoms with E-state index < -0.39 is 0 Å². The maximum Gasteiger partial charge on any atom is 0.148 e. The van der Waals surface area contributed by atoms with Gasteiger partial charge in [-0.3, -0.25) is 0 Å². The van der Waals surface area contributed by atoms with Crippen LogP contribution in [-0.2, 0) is 12.3 Å². The zero-order valence-electron chi connectivity index (χ0n) is 10.4. The quantitative estimate of drug-likeness (QED) is 0.791. The van der Waals surface area contributed by atoms with Gasteiger partial charge in [0.05, 0.1) is 5.88 Å². The molecular formula is C14H16ClN3. The lowest BCUT2D eigenvalue weighted by molar-refractivity contribution is 0.669. The molecular weight excluding hydrogens is 246 g/mol. The third kappa shape index (κ3) is 2.27. The van der Waals surface area contributed by atoms with Crippen LogP contribution in [0.2, 0.25) is 0 Å². The number of hydrogen-bond donors (Lipinski definition) is 0. The average Bonchev–Trinajstić information content (AvgIpc) is 3.14. The van der Waals surface area contributed by atoms with Crippen LogP contribution in [0, 0.1) is 6.92 Å². The first-order valence-corrected chi connectivity index (χ1v) is 6.85. The summed E-state index contributed by atoms with van der Waals surface area (Å²) >= 11 is 5.92. The first-order valence-electron chi connectivity index (χ1n) is 6.32. The number of alkyl halides is 1. The van der Waals surface area contributed by atoms with Crippen molar-refractivity contribution in [3.8, 4) is 0 Å². The van der Waals surface area contributed by atoms with Gasteiger partial charge in [-0.2, -0.15) is 0 Å². The van der Waals surface area contributed by atoms with E-state index >= 15 is 0 Å². The Labute approximate surface area is 112 Å². The first-order chi connectivity index (χ1) is 8.78. The van der Waals surface area contributed by atoms with Crippen molar-refractivity contribution in [2.75, 3.05) is 0 Å². The smallest absolute Gasteiger partial charge is 0.148 e. The maximum absolute atomic E-state index is 5.92. The van der Waals surface area contributed by atoms with Crippen molar-refractivity contribution in [3.05, 3.63) is 47.0 Å². The summed E-state index contributed by atoms with van der Waals surface area (Å²) in [5.41, 5.74) is 2.56. The highest BCUT2D eigenvalue weighted by Gasteiger charge is 2.28. The van der Waals surface area contributed by atoms with E-state index in [1.165, 1.54) is 24.0 Å². The van der Waals surface area contributed by atoms with Gasteiger partial charge in [-0.05, 0) is 25.3 Å². The van der Waals surface area contributed by atoms with Crippen molar-refractivity contribution in [3.63, 3.8) is 0 Å². The van der Waals surface area contributed by atoms with Gasteiger partial charge in [0.2, 0.25) is 0 Å². The molecule has 0 N–H and O–H groups in total. The average molecular weight is 262 g/mol. The van der Waals surface area contributed by atoms with E-state index in [0.29, 0.717) is 11.9 Å². The van der Waals surface area contributed by atoms with Gasteiger partial charge >= 0.3 is 0 Å². The van der Waals surface area contributed by atoms with Gasteiger partial charge in [-0.15, -0.1) is 21.8 Å². The summed E-state index contributed by atoms with van der Waals surface area (Å²) in [7, 11) is 0. The summed E-state index contributed by atoms with van der Waals surface area (Å²) in [5, 5.41) is 8.49. The Bertz CT molecular complexity index is 541. The Balaban J connectivity index is 1.88. The van der Waals surface area contributed by atoms with Crippen LogP contribution in [0.1, 0.15) is 41.7 Å². The molecule has 0 atom stereocenters. The van der Waals surface area contributed by atoms with E-state index in [0.717, 1.165) is 18.1 Å². The molecule has 4 heteroatoms. The lowest BCUT2D eigenvalue weighted by atomic mass is 10.1. The number of nitrogens with zero attached hydrogens (tertiary/aromatic N) is 3. The third-order valence-corrected chi connectivity index (χ3v) is 3.59. The van der Waals surface area contributed by atoms with Crippen molar-refractivity contribution >= 4 is 11.6 Å². The van der Waals surface area contributed by atoms with Crippen LogP contribution >= 0.6 is 11.6 Å². The Morgan fingerprint density at radius 3 is 2.44 bits per heavy atom. The monoisotopic (exact) mass is 261 g/mol. The third-order valence-electron chi connectivity index (χ3n) is 3.35. The van der Waals surface area contributed by atoms with E-state index in [2.05, 4.69) is 46.0 Å². The van der Waals surface area contributed by atoms with Crippen LogP contribution in [0.15, 0.2) is 24.3 Å². The molecule has 0 amide bonds. The minimum atomic E-state index is 0.442. The van der Waals surface area contributed by atoms with E-state index in [1.54, 1.807) is 0 Å². The van der Waals surface area contributed by atoms with Crippen molar-refractivity contribution in [1.82, 2.24) is 14.8 Å². The second kappa shape index (κ2) is 4.73. The molecule has 0 saturated heterocycles. The Kier molecular flexibility index (Phi) is 3.08. The van der Waals surface area contributed by atoms with Crippen molar-refractivity contribution in [2.24, 2.45) is 0 Å². The lowest BCUT2D eigenvalue weighted by Gasteiger charge is -2.07. The molecule has 1 aliphatic carbocycles. The first kappa shape index (κ1) is 11.7. The van der Waals surface area contributed by atoms with E-state index in [1.807, 2.05) is 0 Å². The van der Waals surface area contributed by atoms with Crippen LogP contribution < -0.4 is 0 Å². The molecule has 1 fully saturated rings. The van der Waals surface area contributed by atoms with Crippen LogP contribution in [0.5, 0.6) is 0 Å². The number of benzene rings is 1. The van der Waals surface area contributed by atoms with Gasteiger partial charge in [0.25, 0.3) is 0 Å². The second-order valence-corrected chi connectivity index (χ2v) is 5.20. The summed E-state index contributed by atoms with van der Waals surface area (Å²) < 4.78 is 2.23.